The van der Waals surface area contributed by atoms with Crippen molar-refractivity contribution in [2.24, 2.45) is 0 Å². The van der Waals surface area contributed by atoms with Crippen LogP contribution in [0.2, 0.25) is 0 Å². The van der Waals surface area contributed by atoms with Gasteiger partial charge in [-0.2, -0.15) is 0 Å². The van der Waals surface area contributed by atoms with Crippen LogP contribution in [0.4, 0.5) is 5.69 Å². The minimum atomic E-state index is -1.09. The maximum atomic E-state index is 12.3. The molecular formula is C15H19NO3. The van der Waals surface area contributed by atoms with E-state index in [0.717, 1.165) is 24.1 Å². The van der Waals surface area contributed by atoms with Gasteiger partial charge in [0.15, 0.2) is 5.60 Å². The third-order valence-electron chi connectivity index (χ3n) is 3.86. The van der Waals surface area contributed by atoms with Gasteiger partial charge >= 0.3 is 0 Å². The number of amides is 1. The van der Waals surface area contributed by atoms with Crippen LogP contribution in [0.15, 0.2) is 24.3 Å². The van der Waals surface area contributed by atoms with Crippen LogP contribution < -0.4 is 5.32 Å². The van der Waals surface area contributed by atoms with Gasteiger partial charge in [0.2, 0.25) is 0 Å². The SMILES string of the molecule is CCC[C@@H]1CC(=O)C[C@@]2(O1)C(=O)Nc1ccccc12.[HH]. The minimum Gasteiger partial charge on any atom is -0.356 e. The molecule has 2 aliphatic rings. The number of anilines is 1. The molecule has 1 saturated heterocycles. The number of carbonyl (C=O) groups is 2. The molecule has 4 heteroatoms. The second-order valence-electron chi connectivity index (χ2n) is 5.27. The van der Waals surface area contributed by atoms with E-state index in [1.807, 2.05) is 24.3 Å². The number of rotatable bonds is 2. The van der Waals surface area contributed by atoms with Crippen molar-refractivity contribution in [1.29, 1.82) is 0 Å². The smallest absolute Gasteiger partial charge is 0.261 e. The van der Waals surface area contributed by atoms with Gasteiger partial charge in [0.25, 0.3) is 5.91 Å². The molecule has 1 aromatic carbocycles. The van der Waals surface area contributed by atoms with Crippen molar-refractivity contribution >= 4 is 17.4 Å². The zero-order chi connectivity index (χ0) is 13.5. The summed E-state index contributed by atoms with van der Waals surface area (Å²) in [4.78, 5) is 24.3. The Labute approximate surface area is 113 Å². The highest BCUT2D eigenvalue weighted by atomic mass is 16.5. The van der Waals surface area contributed by atoms with E-state index in [-0.39, 0.29) is 25.6 Å². The largest absolute Gasteiger partial charge is 0.356 e. The first kappa shape index (κ1) is 12.4. The zero-order valence-electron chi connectivity index (χ0n) is 10.9. The number of hydrogen-bond donors (Lipinski definition) is 1. The summed E-state index contributed by atoms with van der Waals surface area (Å²) in [7, 11) is 0. The molecule has 0 saturated carbocycles. The molecule has 1 amide bonds. The monoisotopic (exact) mass is 261 g/mol. The lowest BCUT2D eigenvalue weighted by atomic mass is 9.84. The molecule has 0 aromatic heterocycles. The number of para-hydroxylation sites is 1. The molecule has 0 unspecified atom stereocenters. The second kappa shape index (κ2) is 4.46. The number of benzene rings is 1. The predicted octanol–water partition coefficient (Wildman–Crippen LogP) is 2.63. The standard InChI is InChI=1S/C15H17NO3.H2/c1-2-5-11-8-10(17)9-15(19-11)12-6-3-4-7-13(12)16-14(15)18;/h3-4,6-7,11H,2,5,8-9H2,1H3,(H,16,18);1H/t11-,15+;/m1./s1. The number of nitrogens with one attached hydrogen (secondary N) is 1. The van der Waals surface area contributed by atoms with Gasteiger partial charge in [-0.1, -0.05) is 31.5 Å². The van der Waals surface area contributed by atoms with Crippen LogP contribution in [-0.4, -0.2) is 17.8 Å². The number of Topliss-reactive ketones (excluding diaryl/α,β-unsaturated/α-hetero) is 1. The fourth-order valence-corrected chi connectivity index (χ4v) is 3.04. The van der Waals surface area contributed by atoms with Gasteiger partial charge in [-0.05, 0) is 12.5 Å². The molecular weight excluding hydrogens is 242 g/mol. The van der Waals surface area contributed by atoms with Crippen molar-refractivity contribution in [2.75, 3.05) is 5.32 Å². The Hall–Kier alpha value is -1.68. The third-order valence-corrected chi connectivity index (χ3v) is 3.86. The van der Waals surface area contributed by atoms with Gasteiger partial charge in [-0.25, -0.2) is 0 Å². The molecule has 2 aliphatic heterocycles. The number of hydrogen-bond acceptors (Lipinski definition) is 3. The van der Waals surface area contributed by atoms with E-state index in [0.29, 0.717) is 6.42 Å². The fraction of sp³-hybridized carbons (Fsp3) is 0.467. The number of carbonyl (C=O) groups excluding carboxylic acids is 2. The van der Waals surface area contributed by atoms with Crippen LogP contribution in [0.25, 0.3) is 0 Å². The van der Waals surface area contributed by atoms with Crippen molar-refractivity contribution in [1.82, 2.24) is 0 Å². The molecule has 2 heterocycles. The first-order valence-electron chi connectivity index (χ1n) is 6.76. The summed E-state index contributed by atoms with van der Waals surface area (Å²) in [5, 5.41) is 2.82. The lowest BCUT2D eigenvalue weighted by Crippen LogP contribution is -2.46. The van der Waals surface area contributed by atoms with Gasteiger partial charge in [0.05, 0.1) is 6.10 Å². The molecule has 1 aromatic rings. The van der Waals surface area contributed by atoms with Gasteiger partial charge in [-0.15, -0.1) is 0 Å². The molecule has 1 spiro atoms. The zero-order valence-corrected chi connectivity index (χ0v) is 10.9. The van der Waals surface area contributed by atoms with Crippen molar-refractivity contribution in [3.63, 3.8) is 0 Å². The minimum absolute atomic E-state index is 0. The summed E-state index contributed by atoms with van der Waals surface area (Å²) in [6.45, 7) is 2.05. The summed E-state index contributed by atoms with van der Waals surface area (Å²) in [5.74, 6) is -0.0978. The van der Waals surface area contributed by atoms with E-state index in [9.17, 15) is 9.59 Å². The summed E-state index contributed by atoms with van der Waals surface area (Å²) >= 11 is 0. The predicted molar refractivity (Wildman–Crippen MR) is 72.9 cm³/mol. The van der Waals surface area contributed by atoms with Crippen molar-refractivity contribution in [3.05, 3.63) is 29.8 Å². The van der Waals surface area contributed by atoms with Crippen molar-refractivity contribution < 1.29 is 15.8 Å². The maximum Gasteiger partial charge on any atom is 0.261 e. The van der Waals surface area contributed by atoms with Crippen LogP contribution in [0.3, 0.4) is 0 Å². The van der Waals surface area contributed by atoms with Gasteiger partial charge in [0.1, 0.15) is 5.78 Å². The first-order valence-corrected chi connectivity index (χ1v) is 6.76. The van der Waals surface area contributed by atoms with Gasteiger partial charge in [-0.3, -0.25) is 9.59 Å². The van der Waals surface area contributed by atoms with Crippen molar-refractivity contribution in [3.8, 4) is 0 Å². The van der Waals surface area contributed by atoms with Crippen LogP contribution in [0.5, 0.6) is 0 Å². The molecule has 3 rings (SSSR count). The maximum absolute atomic E-state index is 12.3. The van der Waals surface area contributed by atoms with E-state index < -0.39 is 5.60 Å². The van der Waals surface area contributed by atoms with Crippen LogP contribution in [-0.2, 0) is 19.9 Å². The second-order valence-corrected chi connectivity index (χ2v) is 5.27. The Bertz CT molecular complexity index is 546. The fourth-order valence-electron chi connectivity index (χ4n) is 3.04. The Balaban J connectivity index is 0.00000147. The van der Waals surface area contributed by atoms with E-state index in [1.165, 1.54) is 0 Å². The summed E-state index contributed by atoms with van der Waals surface area (Å²) in [5.41, 5.74) is 0.470. The summed E-state index contributed by atoms with van der Waals surface area (Å²) < 4.78 is 6.05. The van der Waals surface area contributed by atoms with Crippen LogP contribution in [0.1, 0.15) is 39.6 Å². The molecule has 1 fully saturated rings. The Morgan fingerprint density at radius 2 is 2.21 bits per heavy atom. The normalized spacial score (nSPS) is 29.4. The van der Waals surface area contributed by atoms with Gasteiger partial charge < -0.3 is 10.1 Å². The van der Waals surface area contributed by atoms with E-state index in [2.05, 4.69) is 12.2 Å². The molecule has 4 nitrogen and oxygen atoms in total. The summed E-state index contributed by atoms with van der Waals surface area (Å²) in [6, 6.07) is 7.46. The third kappa shape index (κ3) is 1.87. The molecule has 102 valence electrons. The first-order chi connectivity index (χ1) is 9.15. The van der Waals surface area contributed by atoms with E-state index >= 15 is 0 Å². The Morgan fingerprint density at radius 1 is 1.42 bits per heavy atom. The van der Waals surface area contributed by atoms with Gasteiger partial charge in [0, 0.05) is 25.5 Å². The highest BCUT2D eigenvalue weighted by Gasteiger charge is 2.53. The number of ether oxygens (including phenoxy) is 1. The topological polar surface area (TPSA) is 55.4 Å². The highest BCUT2D eigenvalue weighted by molar-refractivity contribution is 6.07. The Kier molecular flexibility index (Phi) is 2.90. The van der Waals surface area contributed by atoms with Crippen LogP contribution >= 0.6 is 0 Å². The lowest BCUT2D eigenvalue weighted by Gasteiger charge is -2.36. The summed E-state index contributed by atoms with van der Waals surface area (Å²) in [6.07, 6.45) is 2.17. The molecule has 1 N–H and O–H groups in total. The van der Waals surface area contributed by atoms with Crippen LogP contribution in [0, 0.1) is 0 Å². The molecule has 0 aliphatic carbocycles. The average Bonchev–Trinajstić information content (AvgIpc) is 2.62. The number of ketones is 1. The molecule has 2 atom stereocenters. The van der Waals surface area contributed by atoms with E-state index in [4.69, 9.17) is 4.74 Å². The van der Waals surface area contributed by atoms with Crippen molar-refractivity contribution in [2.45, 2.75) is 44.3 Å². The number of fused-ring (bicyclic) bond motifs is 2. The van der Waals surface area contributed by atoms with E-state index in [1.54, 1.807) is 0 Å². The molecule has 19 heavy (non-hydrogen) atoms. The average molecular weight is 261 g/mol. The molecule has 0 radical (unpaired) electrons. The molecule has 0 bridgehead atoms. The lowest BCUT2D eigenvalue weighted by molar-refractivity contribution is -0.170. The Morgan fingerprint density at radius 3 is 3.00 bits per heavy atom. The highest BCUT2D eigenvalue weighted by Crippen LogP contribution is 2.45. The quantitative estimate of drug-likeness (QED) is 0.890.